The van der Waals surface area contributed by atoms with Crippen molar-refractivity contribution in [1.29, 1.82) is 0 Å². The van der Waals surface area contributed by atoms with Crippen LogP contribution in [0, 0.1) is 0 Å². The normalized spacial score (nSPS) is 12.0. The number of hydrogen-bond acceptors (Lipinski definition) is 7. The van der Waals surface area contributed by atoms with E-state index in [1.165, 1.54) is 12.1 Å². The number of benzene rings is 3. The first-order valence-corrected chi connectivity index (χ1v) is 12.4. The van der Waals surface area contributed by atoms with E-state index < -0.39 is 6.10 Å². The lowest BCUT2D eigenvalue weighted by Crippen LogP contribution is -2.24. The Kier molecular flexibility index (Phi) is 8.79. The van der Waals surface area contributed by atoms with Crippen LogP contribution >= 0.6 is 0 Å². The molecule has 4 aromatic rings. The number of nitrogens with two attached hydrogens (primary N) is 1. The van der Waals surface area contributed by atoms with Crippen molar-refractivity contribution in [3.05, 3.63) is 93.8 Å². The smallest absolute Gasteiger partial charge is 0.248 e. The van der Waals surface area contributed by atoms with Gasteiger partial charge in [-0.3, -0.25) is 4.79 Å². The Bertz CT molecular complexity index is 1380. The molecule has 1 heterocycles. The highest BCUT2D eigenvalue weighted by Crippen LogP contribution is 2.30. The van der Waals surface area contributed by atoms with Gasteiger partial charge in [-0.15, -0.1) is 0 Å². The van der Waals surface area contributed by atoms with Crippen LogP contribution in [-0.2, 0) is 12.8 Å². The predicted molar refractivity (Wildman–Crippen MR) is 145 cm³/mol. The van der Waals surface area contributed by atoms with Crippen molar-refractivity contribution in [3.63, 3.8) is 0 Å². The van der Waals surface area contributed by atoms with Gasteiger partial charge in [-0.1, -0.05) is 18.2 Å². The lowest BCUT2D eigenvalue weighted by molar-refractivity contribution is 0.176. The maximum absolute atomic E-state index is 11.6. The molecule has 0 unspecified atom stereocenters. The van der Waals surface area contributed by atoms with Gasteiger partial charge in [0.05, 0.1) is 18.7 Å². The van der Waals surface area contributed by atoms with Gasteiger partial charge in [0.2, 0.25) is 5.56 Å². The van der Waals surface area contributed by atoms with Crippen molar-refractivity contribution in [3.8, 4) is 23.0 Å². The van der Waals surface area contributed by atoms with Crippen molar-refractivity contribution >= 4 is 10.9 Å². The molecule has 8 heteroatoms. The first-order chi connectivity index (χ1) is 18.0. The van der Waals surface area contributed by atoms with Gasteiger partial charge >= 0.3 is 0 Å². The van der Waals surface area contributed by atoms with Crippen molar-refractivity contribution in [1.82, 2.24) is 10.3 Å². The first-order valence-electron chi connectivity index (χ1n) is 12.4. The number of aliphatic hydroxyl groups is 1. The fourth-order valence-corrected chi connectivity index (χ4v) is 4.30. The van der Waals surface area contributed by atoms with E-state index in [1.54, 1.807) is 19.2 Å². The number of aromatic hydroxyl groups is 1. The second kappa shape index (κ2) is 12.4. The number of hydrogen-bond donors (Lipinski definition) is 5. The van der Waals surface area contributed by atoms with E-state index in [1.807, 2.05) is 42.5 Å². The summed E-state index contributed by atoms with van der Waals surface area (Å²) in [5, 5.41) is 24.6. The molecule has 1 aromatic heterocycles. The lowest BCUT2D eigenvalue weighted by Gasteiger charge is -2.15. The van der Waals surface area contributed by atoms with E-state index in [4.69, 9.17) is 15.2 Å². The summed E-state index contributed by atoms with van der Waals surface area (Å²) in [5.41, 5.74) is 8.53. The number of methoxy groups -OCH3 is 1. The first kappa shape index (κ1) is 26.2. The van der Waals surface area contributed by atoms with Gasteiger partial charge in [-0.05, 0) is 91.5 Å². The maximum atomic E-state index is 11.6. The minimum absolute atomic E-state index is 0.0249. The van der Waals surface area contributed by atoms with Crippen molar-refractivity contribution < 1.29 is 19.7 Å². The molecular weight excluding hydrogens is 470 g/mol. The summed E-state index contributed by atoms with van der Waals surface area (Å²) in [4.78, 5) is 14.2. The Balaban J connectivity index is 1.29. The second-order valence-electron chi connectivity index (χ2n) is 8.87. The minimum atomic E-state index is -0.788. The van der Waals surface area contributed by atoms with E-state index in [0.29, 0.717) is 36.1 Å². The van der Waals surface area contributed by atoms with Crippen LogP contribution in [0.25, 0.3) is 10.9 Å². The Morgan fingerprint density at radius 1 is 1.00 bits per heavy atom. The average molecular weight is 504 g/mol. The van der Waals surface area contributed by atoms with Gasteiger partial charge in [0.15, 0.2) is 0 Å². The number of ether oxygens (including phenoxy) is 2. The summed E-state index contributed by atoms with van der Waals surface area (Å²) in [6, 6.07) is 19.9. The molecule has 6 N–H and O–H groups in total. The third kappa shape index (κ3) is 6.68. The van der Waals surface area contributed by atoms with Crippen LogP contribution in [0.5, 0.6) is 23.0 Å². The fraction of sp³-hybridized carbons (Fsp3) is 0.276. The molecular formula is C29H33N3O5. The van der Waals surface area contributed by atoms with Crippen LogP contribution in [0.3, 0.4) is 0 Å². The zero-order valence-electron chi connectivity index (χ0n) is 20.9. The number of fused-ring (bicyclic) bond motifs is 1. The number of aromatic amines is 1. The summed E-state index contributed by atoms with van der Waals surface area (Å²) in [6.07, 6.45) is 1.71. The molecule has 0 aliphatic carbocycles. The monoisotopic (exact) mass is 503 g/mol. The Hall–Kier alpha value is -3.85. The molecule has 0 amide bonds. The zero-order valence-corrected chi connectivity index (χ0v) is 20.9. The van der Waals surface area contributed by atoms with E-state index >= 15 is 0 Å². The maximum Gasteiger partial charge on any atom is 0.248 e. The summed E-state index contributed by atoms with van der Waals surface area (Å²) in [5.74, 6) is 2.31. The molecule has 0 saturated heterocycles. The largest absolute Gasteiger partial charge is 0.506 e. The van der Waals surface area contributed by atoms with Crippen LogP contribution < -0.4 is 26.1 Å². The Morgan fingerprint density at radius 2 is 1.78 bits per heavy atom. The van der Waals surface area contributed by atoms with Crippen LogP contribution in [-0.4, -0.2) is 41.9 Å². The highest BCUT2D eigenvalue weighted by molar-refractivity contribution is 5.87. The third-order valence-corrected chi connectivity index (χ3v) is 6.26. The third-order valence-electron chi connectivity index (χ3n) is 6.26. The van der Waals surface area contributed by atoms with Crippen LogP contribution in [0.2, 0.25) is 0 Å². The van der Waals surface area contributed by atoms with Crippen LogP contribution in [0.4, 0.5) is 0 Å². The molecule has 37 heavy (non-hydrogen) atoms. The summed E-state index contributed by atoms with van der Waals surface area (Å²) < 4.78 is 11.5. The number of aliphatic hydroxyl groups excluding tert-OH is 1. The summed E-state index contributed by atoms with van der Waals surface area (Å²) in [6.45, 7) is 1.64. The number of H-pyrrole nitrogens is 1. The molecule has 0 aliphatic rings. The molecule has 0 radical (unpaired) electrons. The predicted octanol–water partition coefficient (Wildman–Crippen LogP) is 3.79. The van der Waals surface area contributed by atoms with Gasteiger partial charge in [0, 0.05) is 18.0 Å². The number of phenolic OH excluding ortho intramolecular Hbond substituents is 1. The van der Waals surface area contributed by atoms with Crippen LogP contribution in [0.1, 0.15) is 29.2 Å². The molecule has 0 fully saturated rings. The molecule has 3 aromatic carbocycles. The molecule has 4 rings (SSSR count). The highest BCUT2D eigenvalue weighted by Gasteiger charge is 2.14. The molecule has 0 saturated carbocycles. The fourth-order valence-electron chi connectivity index (χ4n) is 4.30. The molecule has 0 bridgehead atoms. The standard InChI is InChI=1S/C29H33N3O5/c1-36-27-12-8-22(17-20(27)3-2-15-30)37-21-6-4-19(5-7-21)14-16-31-18-26(34)23-9-11-25(33)29-24(23)10-13-28(35)32-29/h4-13,17,26,31,33-34H,2-3,14-16,18,30H2,1H3,(H,32,35)/t26-/m0/s1. The zero-order chi connectivity index (χ0) is 26.2. The Labute approximate surface area is 215 Å². The second-order valence-corrected chi connectivity index (χ2v) is 8.87. The van der Waals surface area contributed by atoms with E-state index in [9.17, 15) is 15.0 Å². The quantitative estimate of drug-likeness (QED) is 0.186. The molecule has 0 spiro atoms. The molecule has 1 atom stereocenters. The van der Waals surface area contributed by atoms with Gasteiger partial charge in [-0.2, -0.15) is 0 Å². The number of rotatable bonds is 12. The number of nitrogens with one attached hydrogen (secondary N) is 2. The van der Waals surface area contributed by atoms with Crippen molar-refractivity contribution in [2.24, 2.45) is 5.73 Å². The summed E-state index contributed by atoms with van der Waals surface area (Å²) >= 11 is 0. The van der Waals surface area contributed by atoms with Gasteiger partial charge in [0.25, 0.3) is 0 Å². The Morgan fingerprint density at radius 3 is 2.54 bits per heavy atom. The number of aryl methyl sites for hydroxylation is 1. The highest BCUT2D eigenvalue weighted by atomic mass is 16.5. The van der Waals surface area contributed by atoms with E-state index in [2.05, 4.69) is 10.3 Å². The molecule has 8 nitrogen and oxygen atoms in total. The topological polar surface area (TPSA) is 130 Å². The van der Waals surface area contributed by atoms with Crippen molar-refractivity contribution in [2.75, 3.05) is 26.7 Å². The van der Waals surface area contributed by atoms with Crippen molar-refractivity contribution in [2.45, 2.75) is 25.4 Å². The number of aromatic nitrogens is 1. The number of pyridine rings is 1. The SMILES string of the molecule is COc1ccc(Oc2ccc(CCNC[C@H](O)c3ccc(O)c4[nH]c(=O)ccc34)cc2)cc1CCCN. The number of phenols is 1. The lowest BCUT2D eigenvalue weighted by atomic mass is 10.0. The van der Waals surface area contributed by atoms with E-state index in [0.717, 1.165) is 47.6 Å². The summed E-state index contributed by atoms with van der Waals surface area (Å²) in [7, 11) is 1.66. The van der Waals surface area contributed by atoms with Gasteiger partial charge in [-0.25, -0.2) is 0 Å². The molecule has 194 valence electrons. The van der Waals surface area contributed by atoms with E-state index in [-0.39, 0.29) is 11.3 Å². The van der Waals surface area contributed by atoms with Crippen LogP contribution in [0.15, 0.2) is 71.5 Å². The molecule has 0 aliphatic heterocycles. The average Bonchev–Trinajstić information content (AvgIpc) is 2.91. The van der Waals surface area contributed by atoms with Gasteiger partial charge in [0.1, 0.15) is 23.0 Å². The minimum Gasteiger partial charge on any atom is -0.506 e. The van der Waals surface area contributed by atoms with Gasteiger partial charge < -0.3 is 35.7 Å².